The number of primary sulfonamides is 1. The second kappa shape index (κ2) is 5.81. The van der Waals surface area contributed by atoms with Gasteiger partial charge in [0, 0.05) is 16.6 Å². The van der Waals surface area contributed by atoms with Gasteiger partial charge in [0.2, 0.25) is 10.0 Å². The Bertz CT molecular complexity index is 555. The number of hydrogen-bond acceptors (Lipinski definition) is 3. The van der Waals surface area contributed by atoms with E-state index in [0.29, 0.717) is 16.9 Å². The molecule has 5 nitrogen and oxygen atoms in total. The summed E-state index contributed by atoms with van der Waals surface area (Å²) in [7, 11) is -3.82. The van der Waals surface area contributed by atoms with Crippen LogP contribution in [0.25, 0.3) is 0 Å². The molecule has 0 saturated heterocycles. The second-order valence-electron chi connectivity index (χ2n) is 4.32. The molecule has 100 valence electrons. The first kappa shape index (κ1) is 15.1. The van der Waals surface area contributed by atoms with E-state index in [2.05, 4.69) is 21.2 Å². The monoisotopic (exact) mass is 334 g/mol. The van der Waals surface area contributed by atoms with Crippen molar-refractivity contribution in [1.82, 2.24) is 5.32 Å². The molecule has 1 amide bonds. The van der Waals surface area contributed by atoms with Gasteiger partial charge >= 0.3 is 0 Å². The van der Waals surface area contributed by atoms with Crippen molar-refractivity contribution in [3.8, 4) is 0 Å². The number of amides is 1. The van der Waals surface area contributed by atoms with Crippen molar-refractivity contribution >= 4 is 31.9 Å². The van der Waals surface area contributed by atoms with Gasteiger partial charge in [-0.2, -0.15) is 0 Å². The van der Waals surface area contributed by atoms with Gasteiger partial charge < -0.3 is 5.32 Å². The van der Waals surface area contributed by atoms with Crippen molar-refractivity contribution in [2.24, 2.45) is 11.1 Å². The zero-order valence-corrected chi connectivity index (χ0v) is 12.5. The standard InChI is InChI=1S/C11H15BrN2O3S/c1-7(2)6-14-11(15)8-3-9(12)5-10(4-8)18(13,16)17/h3-5,7H,6H2,1-2H3,(H,14,15)(H2,13,16,17). The van der Waals surface area contributed by atoms with Crippen molar-refractivity contribution in [3.05, 3.63) is 28.2 Å². The van der Waals surface area contributed by atoms with Crippen LogP contribution in [0.3, 0.4) is 0 Å². The molecule has 0 atom stereocenters. The van der Waals surface area contributed by atoms with Crippen LogP contribution in [-0.2, 0) is 10.0 Å². The molecule has 0 spiro atoms. The number of benzene rings is 1. The normalized spacial score (nSPS) is 11.6. The van der Waals surface area contributed by atoms with E-state index in [1.165, 1.54) is 12.1 Å². The Morgan fingerprint density at radius 1 is 1.39 bits per heavy atom. The van der Waals surface area contributed by atoms with E-state index in [1.54, 1.807) is 6.07 Å². The fourth-order valence-corrected chi connectivity index (χ4v) is 2.48. The molecule has 1 aromatic carbocycles. The molecule has 0 aliphatic carbocycles. The number of sulfonamides is 1. The van der Waals surface area contributed by atoms with E-state index in [1.807, 2.05) is 13.8 Å². The predicted octanol–water partition coefficient (Wildman–Crippen LogP) is 1.48. The lowest BCUT2D eigenvalue weighted by Crippen LogP contribution is -2.27. The van der Waals surface area contributed by atoms with Gasteiger partial charge in [-0.05, 0) is 24.1 Å². The van der Waals surface area contributed by atoms with Crippen LogP contribution in [0.1, 0.15) is 24.2 Å². The van der Waals surface area contributed by atoms with E-state index in [9.17, 15) is 13.2 Å². The molecule has 0 aliphatic rings. The first-order chi connectivity index (χ1) is 8.20. The van der Waals surface area contributed by atoms with E-state index in [4.69, 9.17) is 5.14 Å². The SMILES string of the molecule is CC(C)CNC(=O)c1cc(Br)cc(S(N)(=O)=O)c1. The average molecular weight is 335 g/mol. The predicted molar refractivity (Wildman–Crippen MR) is 72.7 cm³/mol. The van der Waals surface area contributed by atoms with E-state index < -0.39 is 10.0 Å². The highest BCUT2D eigenvalue weighted by molar-refractivity contribution is 9.10. The fourth-order valence-electron chi connectivity index (χ4n) is 1.26. The van der Waals surface area contributed by atoms with Gasteiger partial charge in [-0.15, -0.1) is 0 Å². The number of nitrogens with two attached hydrogens (primary N) is 1. The summed E-state index contributed by atoms with van der Waals surface area (Å²) < 4.78 is 23.0. The summed E-state index contributed by atoms with van der Waals surface area (Å²) in [6.07, 6.45) is 0. The molecule has 1 rings (SSSR count). The Morgan fingerprint density at radius 2 is 2.00 bits per heavy atom. The molecule has 0 fully saturated rings. The second-order valence-corrected chi connectivity index (χ2v) is 6.80. The maximum atomic E-state index is 11.8. The third kappa shape index (κ3) is 4.40. The van der Waals surface area contributed by atoms with Gasteiger partial charge in [-0.25, -0.2) is 13.6 Å². The van der Waals surface area contributed by atoms with E-state index in [0.717, 1.165) is 0 Å². The molecule has 18 heavy (non-hydrogen) atoms. The Hall–Kier alpha value is -0.920. The highest BCUT2D eigenvalue weighted by Crippen LogP contribution is 2.18. The summed E-state index contributed by atoms with van der Waals surface area (Å²) >= 11 is 3.15. The highest BCUT2D eigenvalue weighted by atomic mass is 79.9. The zero-order chi connectivity index (χ0) is 13.9. The lowest BCUT2D eigenvalue weighted by atomic mass is 10.2. The molecule has 0 bridgehead atoms. The zero-order valence-electron chi connectivity index (χ0n) is 10.1. The maximum absolute atomic E-state index is 11.8. The number of halogens is 1. The average Bonchev–Trinajstić information content (AvgIpc) is 2.23. The highest BCUT2D eigenvalue weighted by Gasteiger charge is 2.14. The molecule has 3 N–H and O–H groups in total. The van der Waals surface area contributed by atoms with Crippen LogP contribution in [0.4, 0.5) is 0 Å². The number of hydrogen-bond donors (Lipinski definition) is 2. The fraction of sp³-hybridized carbons (Fsp3) is 0.364. The summed E-state index contributed by atoms with van der Waals surface area (Å²) in [6, 6.07) is 4.16. The third-order valence-corrected chi connectivity index (χ3v) is 3.48. The number of carbonyl (C=O) groups is 1. The molecule has 0 aromatic heterocycles. The Balaban J connectivity index is 3.03. The van der Waals surface area contributed by atoms with Crippen LogP contribution in [0.5, 0.6) is 0 Å². The van der Waals surface area contributed by atoms with Crippen molar-refractivity contribution in [1.29, 1.82) is 0 Å². The van der Waals surface area contributed by atoms with Gasteiger partial charge in [0.15, 0.2) is 0 Å². The molecule has 0 radical (unpaired) electrons. The minimum atomic E-state index is -3.82. The Kier molecular flexibility index (Phi) is 4.89. The van der Waals surface area contributed by atoms with Crippen molar-refractivity contribution in [2.75, 3.05) is 6.54 Å². The third-order valence-electron chi connectivity index (χ3n) is 2.13. The quantitative estimate of drug-likeness (QED) is 0.873. The summed E-state index contributed by atoms with van der Waals surface area (Å²) in [6.45, 7) is 4.46. The van der Waals surface area contributed by atoms with E-state index >= 15 is 0 Å². The van der Waals surface area contributed by atoms with Crippen molar-refractivity contribution < 1.29 is 13.2 Å². The van der Waals surface area contributed by atoms with Crippen molar-refractivity contribution in [3.63, 3.8) is 0 Å². The van der Waals surface area contributed by atoms with Gasteiger partial charge in [0.05, 0.1) is 4.90 Å². The van der Waals surface area contributed by atoms with Gasteiger partial charge in [-0.1, -0.05) is 29.8 Å². The molecule has 7 heteroatoms. The molecular weight excluding hydrogens is 320 g/mol. The van der Waals surface area contributed by atoms with Crippen LogP contribution in [0.2, 0.25) is 0 Å². The van der Waals surface area contributed by atoms with Crippen LogP contribution in [0.15, 0.2) is 27.6 Å². The molecular formula is C11H15BrN2O3S. The van der Waals surface area contributed by atoms with Crippen LogP contribution < -0.4 is 10.5 Å². The molecule has 0 saturated carbocycles. The molecule has 0 aliphatic heterocycles. The van der Waals surface area contributed by atoms with Gasteiger partial charge in [0.25, 0.3) is 5.91 Å². The largest absolute Gasteiger partial charge is 0.352 e. The lowest BCUT2D eigenvalue weighted by molar-refractivity contribution is 0.0948. The van der Waals surface area contributed by atoms with Crippen LogP contribution in [-0.4, -0.2) is 20.9 Å². The molecule has 0 heterocycles. The van der Waals surface area contributed by atoms with E-state index in [-0.39, 0.29) is 16.4 Å². The molecule has 0 unspecified atom stereocenters. The Labute approximate surface area is 115 Å². The summed E-state index contributed by atoms with van der Waals surface area (Å²) in [4.78, 5) is 11.7. The maximum Gasteiger partial charge on any atom is 0.251 e. The molecule has 1 aromatic rings. The van der Waals surface area contributed by atoms with Crippen molar-refractivity contribution in [2.45, 2.75) is 18.7 Å². The smallest absolute Gasteiger partial charge is 0.251 e. The first-order valence-electron chi connectivity index (χ1n) is 5.31. The van der Waals surface area contributed by atoms with Crippen LogP contribution >= 0.6 is 15.9 Å². The summed E-state index contributed by atoms with van der Waals surface area (Å²) in [5, 5.41) is 7.75. The number of nitrogens with one attached hydrogen (secondary N) is 1. The number of carbonyl (C=O) groups excluding carboxylic acids is 1. The topological polar surface area (TPSA) is 89.3 Å². The van der Waals surface area contributed by atoms with Crippen LogP contribution in [0, 0.1) is 5.92 Å². The Morgan fingerprint density at radius 3 is 2.50 bits per heavy atom. The summed E-state index contributed by atoms with van der Waals surface area (Å²) in [5.41, 5.74) is 0.258. The first-order valence-corrected chi connectivity index (χ1v) is 7.65. The minimum Gasteiger partial charge on any atom is -0.352 e. The number of rotatable bonds is 4. The van der Waals surface area contributed by atoms with Gasteiger partial charge in [-0.3, -0.25) is 4.79 Å². The van der Waals surface area contributed by atoms with Gasteiger partial charge in [0.1, 0.15) is 0 Å². The minimum absolute atomic E-state index is 0.0911. The summed E-state index contributed by atoms with van der Waals surface area (Å²) in [5.74, 6) is -0.00582. The lowest BCUT2D eigenvalue weighted by Gasteiger charge is -2.09.